The van der Waals surface area contributed by atoms with Crippen LogP contribution in [0.1, 0.15) is 30.2 Å². The number of carbonyl (C=O) groups excluding carboxylic acids is 1. The maximum atomic E-state index is 12.5. The number of aryl methyl sites for hydroxylation is 1. The van der Waals surface area contributed by atoms with E-state index in [1.54, 1.807) is 18.2 Å². The number of anilines is 2. The highest BCUT2D eigenvalue weighted by Crippen LogP contribution is 2.36. The number of halogens is 1. The second kappa shape index (κ2) is 17.7. The van der Waals surface area contributed by atoms with E-state index in [0.717, 1.165) is 22.1 Å². The van der Waals surface area contributed by atoms with E-state index in [-0.39, 0.29) is 6.54 Å². The van der Waals surface area contributed by atoms with Crippen molar-refractivity contribution in [3.05, 3.63) is 101 Å². The largest absolute Gasteiger partial charge is 0.487 e. The first-order chi connectivity index (χ1) is 23.5. The van der Waals surface area contributed by atoms with E-state index in [4.69, 9.17) is 43.7 Å². The topological polar surface area (TPSA) is 191 Å². The third-order valence-electron chi connectivity index (χ3n) is 6.75. The third-order valence-corrected chi connectivity index (χ3v) is 7.49. The van der Waals surface area contributed by atoms with E-state index in [0.29, 0.717) is 58.9 Å². The van der Waals surface area contributed by atoms with Crippen molar-refractivity contribution in [2.45, 2.75) is 33.4 Å². The second-order valence-electron chi connectivity index (χ2n) is 10.4. The summed E-state index contributed by atoms with van der Waals surface area (Å²) in [4.78, 5) is 40.3. The highest BCUT2D eigenvalue weighted by Gasteiger charge is 2.20. The Hall–Kier alpha value is -4.63. The summed E-state index contributed by atoms with van der Waals surface area (Å²) < 4.78 is 48.5. The van der Waals surface area contributed by atoms with Crippen molar-refractivity contribution in [2.75, 3.05) is 18.7 Å². The SMILES string of the molecule is CCCN(Cc1ccc(-c2ccc3ncnc(Nc4ccc(OCc5cccc(C)c5)c(Cl)c4)c3c2)o1)C(=O)OCOP(=O)(O)O.O=S=O. The van der Waals surface area contributed by atoms with Crippen LogP contribution in [0.15, 0.2) is 83.5 Å². The van der Waals surface area contributed by atoms with Crippen LogP contribution in [0, 0.1) is 6.92 Å². The number of rotatable bonds is 13. The van der Waals surface area contributed by atoms with Crippen LogP contribution >= 0.6 is 19.4 Å². The standard InChI is InChI=1S/C32H32ClN4O8P.O2S/c1-3-13-37(32(38)43-20-44-46(39,40)41)17-25-9-12-29(45-25)23-7-10-28-26(15-23)31(35-19-34-28)36-24-8-11-30(27(33)16-24)42-18-22-6-4-5-21(2)14-22;1-3-2/h4-12,14-16,19H,3,13,17-18,20H2,1-2H3,(H,34,35,36)(H2,39,40,41);. The monoisotopic (exact) mass is 730 g/mol. The minimum atomic E-state index is -4.76. The minimum Gasteiger partial charge on any atom is -0.487 e. The van der Waals surface area contributed by atoms with Gasteiger partial charge in [-0.2, -0.15) is 8.42 Å². The van der Waals surface area contributed by atoms with E-state index in [1.807, 2.05) is 62.4 Å². The molecule has 3 aromatic carbocycles. The quantitative estimate of drug-likeness (QED) is 0.0836. The molecule has 0 saturated carbocycles. The van der Waals surface area contributed by atoms with Crippen molar-refractivity contribution in [1.29, 1.82) is 0 Å². The van der Waals surface area contributed by atoms with Gasteiger partial charge in [0.15, 0.2) is 0 Å². The van der Waals surface area contributed by atoms with Crippen LogP contribution in [0.25, 0.3) is 22.2 Å². The van der Waals surface area contributed by atoms with Crippen LogP contribution in [0.3, 0.4) is 0 Å². The van der Waals surface area contributed by atoms with E-state index < -0.39 is 32.3 Å². The average Bonchev–Trinajstić information content (AvgIpc) is 3.52. The number of carbonyl (C=O) groups is 1. The zero-order valence-electron chi connectivity index (χ0n) is 26.3. The van der Waals surface area contributed by atoms with Crippen LogP contribution < -0.4 is 10.1 Å². The average molecular weight is 731 g/mol. The van der Waals surface area contributed by atoms with Gasteiger partial charge in [0.05, 0.1) is 17.1 Å². The maximum absolute atomic E-state index is 12.5. The van der Waals surface area contributed by atoms with Gasteiger partial charge in [-0.05, 0) is 67.4 Å². The van der Waals surface area contributed by atoms with Gasteiger partial charge in [-0.3, -0.25) is 0 Å². The zero-order valence-corrected chi connectivity index (χ0v) is 28.7. The van der Waals surface area contributed by atoms with Crippen LogP contribution in [-0.2, 0) is 38.5 Å². The fourth-order valence-electron chi connectivity index (χ4n) is 4.65. The van der Waals surface area contributed by atoms with Gasteiger partial charge in [0.2, 0.25) is 6.79 Å². The highest BCUT2D eigenvalue weighted by molar-refractivity contribution is 7.51. The zero-order chi connectivity index (χ0) is 35.4. The molecular weight excluding hydrogens is 699 g/mol. The number of phosphoric ester groups is 1. The summed E-state index contributed by atoms with van der Waals surface area (Å²) in [5.74, 6) is 2.17. The minimum absolute atomic E-state index is 0.0809. The molecule has 0 unspecified atom stereocenters. The normalized spacial score (nSPS) is 11.0. The molecule has 0 fully saturated rings. The molecule has 0 atom stereocenters. The van der Waals surface area contributed by atoms with Gasteiger partial charge in [0.25, 0.3) is 0 Å². The second-order valence-corrected chi connectivity index (χ2v) is 12.2. The van der Waals surface area contributed by atoms with E-state index >= 15 is 0 Å². The molecule has 0 bridgehead atoms. The molecule has 17 heteroatoms. The third kappa shape index (κ3) is 11.2. The fraction of sp³-hybridized carbons (Fsp3) is 0.219. The van der Waals surface area contributed by atoms with Crippen molar-refractivity contribution >= 4 is 59.5 Å². The smallest absolute Gasteiger partial charge is 0.472 e. The van der Waals surface area contributed by atoms with Gasteiger partial charge in [-0.15, -0.1) is 0 Å². The number of fused-ring (bicyclic) bond motifs is 1. The van der Waals surface area contributed by atoms with Crippen LogP contribution in [0.4, 0.5) is 16.3 Å². The molecule has 0 aliphatic carbocycles. The summed E-state index contributed by atoms with van der Waals surface area (Å²) in [5, 5.41) is 4.52. The Kier molecular flexibility index (Phi) is 13.4. The Labute approximate surface area is 289 Å². The Morgan fingerprint density at radius 1 is 1.06 bits per heavy atom. The lowest BCUT2D eigenvalue weighted by Gasteiger charge is -2.20. The van der Waals surface area contributed by atoms with E-state index in [1.165, 1.54) is 11.2 Å². The lowest BCUT2D eigenvalue weighted by Crippen LogP contribution is -2.32. The van der Waals surface area contributed by atoms with Gasteiger partial charge in [0.1, 0.15) is 36.0 Å². The molecule has 2 heterocycles. The van der Waals surface area contributed by atoms with Gasteiger partial charge >= 0.3 is 25.5 Å². The molecule has 258 valence electrons. The van der Waals surface area contributed by atoms with Gasteiger partial charge in [0, 0.05) is 23.2 Å². The Morgan fingerprint density at radius 2 is 1.86 bits per heavy atom. The molecule has 0 saturated heterocycles. The van der Waals surface area contributed by atoms with Crippen LogP contribution in [0.2, 0.25) is 5.02 Å². The molecule has 0 aliphatic heterocycles. The maximum Gasteiger partial charge on any atom is 0.472 e. The van der Waals surface area contributed by atoms with E-state index in [9.17, 15) is 9.36 Å². The predicted octanol–water partition coefficient (Wildman–Crippen LogP) is 6.92. The van der Waals surface area contributed by atoms with Crippen molar-refractivity contribution in [3.63, 3.8) is 0 Å². The molecule has 5 aromatic rings. The fourth-order valence-corrected chi connectivity index (χ4v) is 5.08. The van der Waals surface area contributed by atoms with Crippen molar-refractivity contribution in [3.8, 4) is 17.1 Å². The molecule has 3 N–H and O–H groups in total. The molecule has 0 radical (unpaired) electrons. The molecule has 2 aromatic heterocycles. The number of hydrogen-bond acceptors (Lipinski definition) is 11. The first-order valence-electron chi connectivity index (χ1n) is 14.6. The Balaban J connectivity index is 0.00000174. The molecule has 49 heavy (non-hydrogen) atoms. The molecule has 14 nitrogen and oxygen atoms in total. The van der Waals surface area contributed by atoms with Crippen LogP contribution in [-0.4, -0.2) is 52.5 Å². The van der Waals surface area contributed by atoms with Gasteiger partial charge in [-0.25, -0.2) is 23.9 Å². The number of nitrogens with zero attached hydrogens (tertiary/aromatic N) is 3. The summed E-state index contributed by atoms with van der Waals surface area (Å²) in [6, 6.07) is 22.7. The summed E-state index contributed by atoms with van der Waals surface area (Å²) in [5.41, 5.74) is 4.40. The molecule has 5 rings (SSSR count). The van der Waals surface area contributed by atoms with Gasteiger partial charge < -0.3 is 33.9 Å². The number of phosphoric acid groups is 1. The summed E-state index contributed by atoms with van der Waals surface area (Å²) in [7, 11) is -4.76. The first kappa shape index (κ1) is 37.2. The number of furan rings is 1. The van der Waals surface area contributed by atoms with Crippen molar-refractivity contribution < 1.29 is 46.0 Å². The number of amides is 1. The number of benzene rings is 3. The lowest BCUT2D eigenvalue weighted by atomic mass is 10.1. The molecular formula is C32H32ClN4O10PS. The van der Waals surface area contributed by atoms with Gasteiger partial charge in [-0.1, -0.05) is 48.4 Å². The summed E-state index contributed by atoms with van der Waals surface area (Å²) >= 11 is 5.81. The predicted molar refractivity (Wildman–Crippen MR) is 182 cm³/mol. The Bertz CT molecular complexity index is 1980. The van der Waals surface area contributed by atoms with E-state index in [2.05, 4.69) is 25.9 Å². The number of ether oxygens (including phenoxy) is 2. The van der Waals surface area contributed by atoms with Crippen LogP contribution in [0.5, 0.6) is 5.75 Å². The molecule has 0 aliphatic rings. The summed E-state index contributed by atoms with van der Waals surface area (Å²) in [6.45, 7) is 3.85. The highest BCUT2D eigenvalue weighted by atomic mass is 35.5. The number of aromatic nitrogens is 2. The summed E-state index contributed by atoms with van der Waals surface area (Å²) in [6.07, 6.45) is 1.30. The number of nitrogens with one attached hydrogen (secondary N) is 1. The molecule has 1 amide bonds. The lowest BCUT2D eigenvalue weighted by molar-refractivity contribution is 0.0181. The first-order valence-corrected chi connectivity index (χ1v) is 17.2. The Morgan fingerprint density at radius 3 is 2.57 bits per heavy atom. The molecule has 0 spiro atoms. The number of hydrogen-bond donors (Lipinski definition) is 3. The van der Waals surface area contributed by atoms with Crippen molar-refractivity contribution in [1.82, 2.24) is 14.9 Å². The van der Waals surface area contributed by atoms with Crippen molar-refractivity contribution in [2.24, 2.45) is 0 Å².